The molecule has 1 amide bonds. The number of rotatable bonds is 5. The first kappa shape index (κ1) is 17.6. The van der Waals surface area contributed by atoms with Crippen molar-refractivity contribution in [1.29, 1.82) is 0 Å². The van der Waals surface area contributed by atoms with Crippen LogP contribution in [0.15, 0.2) is 79.1 Å². The largest absolute Gasteiger partial charge is 0.481 e. The highest BCUT2D eigenvalue weighted by molar-refractivity contribution is 5.93. The highest BCUT2D eigenvalue weighted by Crippen LogP contribution is 2.22. The summed E-state index contributed by atoms with van der Waals surface area (Å²) in [6, 6.07) is 20.5. The zero-order valence-corrected chi connectivity index (χ0v) is 15.2. The van der Waals surface area contributed by atoms with Gasteiger partial charge in [-0.3, -0.25) is 9.78 Å². The van der Waals surface area contributed by atoms with Gasteiger partial charge in [-0.15, -0.1) is 0 Å². The number of nitrogens with one attached hydrogen (secondary N) is 1. The maximum Gasteiger partial charge on any atom is 0.266 e. The molecule has 1 N–H and O–H groups in total. The Hall–Kier alpha value is -3.80. The van der Waals surface area contributed by atoms with Gasteiger partial charge < -0.3 is 10.1 Å². The number of benzene rings is 2. The highest BCUT2D eigenvalue weighted by Gasteiger charge is 2.15. The molecular formula is C22H18N4O2. The smallest absolute Gasteiger partial charge is 0.266 e. The lowest BCUT2D eigenvalue weighted by atomic mass is 10.1. The first-order valence-electron chi connectivity index (χ1n) is 8.90. The summed E-state index contributed by atoms with van der Waals surface area (Å²) < 4.78 is 5.73. The van der Waals surface area contributed by atoms with Gasteiger partial charge in [-0.1, -0.05) is 18.2 Å². The summed E-state index contributed by atoms with van der Waals surface area (Å²) >= 11 is 0. The SMILES string of the molecule is C[C@@H](Oc1ccc(-c2cnc3ccccc3n2)cc1)C(=O)Nc1ccccn1. The van der Waals surface area contributed by atoms with Crippen molar-refractivity contribution in [3.8, 4) is 17.0 Å². The van der Waals surface area contributed by atoms with Crippen molar-refractivity contribution in [2.45, 2.75) is 13.0 Å². The van der Waals surface area contributed by atoms with Crippen molar-refractivity contribution in [2.24, 2.45) is 0 Å². The third-order valence-electron chi connectivity index (χ3n) is 4.20. The Kier molecular flexibility index (Phi) is 4.93. The fourth-order valence-electron chi connectivity index (χ4n) is 2.72. The lowest BCUT2D eigenvalue weighted by molar-refractivity contribution is -0.122. The normalized spacial score (nSPS) is 11.8. The Morgan fingerprint density at radius 2 is 1.68 bits per heavy atom. The monoisotopic (exact) mass is 370 g/mol. The number of aromatic nitrogens is 3. The summed E-state index contributed by atoms with van der Waals surface area (Å²) in [6.45, 7) is 1.70. The average Bonchev–Trinajstić information content (AvgIpc) is 2.74. The second-order valence-corrected chi connectivity index (χ2v) is 6.23. The number of carbonyl (C=O) groups excluding carboxylic acids is 1. The molecule has 0 unspecified atom stereocenters. The molecule has 2 heterocycles. The van der Waals surface area contributed by atoms with Crippen molar-refractivity contribution >= 4 is 22.8 Å². The summed E-state index contributed by atoms with van der Waals surface area (Å²) in [5, 5.41) is 2.72. The number of anilines is 1. The van der Waals surface area contributed by atoms with Gasteiger partial charge in [0, 0.05) is 11.8 Å². The van der Waals surface area contributed by atoms with Gasteiger partial charge in [0.1, 0.15) is 11.6 Å². The minimum Gasteiger partial charge on any atom is -0.481 e. The van der Waals surface area contributed by atoms with Gasteiger partial charge in [-0.25, -0.2) is 9.97 Å². The Morgan fingerprint density at radius 3 is 2.43 bits per heavy atom. The fourth-order valence-corrected chi connectivity index (χ4v) is 2.72. The van der Waals surface area contributed by atoms with E-state index in [1.807, 2.05) is 54.6 Å². The first-order valence-corrected chi connectivity index (χ1v) is 8.90. The van der Waals surface area contributed by atoms with E-state index < -0.39 is 6.10 Å². The number of para-hydroxylation sites is 2. The molecule has 0 aliphatic carbocycles. The molecule has 0 bridgehead atoms. The van der Waals surface area contributed by atoms with Crippen LogP contribution in [0.2, 0.25) is 0 Å². The van der Waals surface area contributed by atoms with Crippen LogP contribution in [-0.4, -0.2) is 27.0 Å². The molecule has 0 fully saturated rings. The molecule has 6 nitrogen and oxygen atoms in total. The standard InChI is InChI=1S/C22H18N4O2/c1-15(22(27)26-21-8-4-5-13-23-21)28-17-11-9-16(10-12-17)20-14-24-18-6-2-3-7-19(18)25-20/h2-15H,1H3,(H,23,26,27)/t15-/m1/s1. The number of hydrogen-bond acceptors (Lipinski definition) is 5. The van der Waals surface area contributed by atoms with Crippen LogP contribution in [0.3, 0.4) is 0 Å². The summed E-state index contributed by atoms with van der Waals surface area (Å²) in [4.78, 5) is 25.4. The van der Waals surface area contributed by atoms with Gasteiger partial charge in [0.15, 0.2) is 6.10 Å². The van der Waals surface area contributed by atoms with Crippen molar-refractivity contribution in [1.82, 2.24) is 15.0 Å². The van der Waals surface area contributed by atoms with E-state index in [1.54, 1.807) is 31.5 Å². The number of nitrogens with zero attached hydrogens (tertiary/aromatic N) is 3. The van der Waals surface area contributed by atoms with Crippen LogP contribution < -0.4 is 10.1 Å². The van der Waals surface area contributed by atoms with Crippen molar-refractivity contribution < 1.29 is 9.53 Å². The van der Waals surface area contributed by atoms with Crippen LogP contribution in [0.4, 0.5) is 5.82 Å². The number of pyridine rings is 1. The van der Waals surface area contributed by atoms with Crippen LogP contribution in [0, 0.1) is 0 Å². The van der Waals surface area contributed by atoms with Crippen LogP contribution in [0.1, 0.15) is 6.92 Å². The predicted molar refractivity (Wildman–Crippen MR) is 108 cm³/mol. The molecule has 138 valence electrons. The molecule has 6 heteroatoms. The van der Waals surface area contributed by atoms with Crippen LogP contribution in [0.5, 0.6) is 5.75 Å². The lowest BCUT2D eigenvalue weighted by Gasteiger charge is -2.14. The summed E-state index contributed by atoms with van der Waals surface area (Å²) in [6.07, 6.45) is 2.71. The van der Waals surface area contributed by atoms with Crippen molar-refractivity contribution in [3.63, 3.8) is 0 Å². The number of carbonyl (C=O) groups is 1. The topological polar surface area (TPSA) is 77.0 Å². The lowest BCUT2D eigenvalue weighted by Crippen LogP contribution is -2.30. The summed E-state index contributed by atoms with van der Waals surface area (Å²) in [5.74, 6) is 0.831. The minimum absolute atomic E-state index is 0.261. The minimum atomic E-state index is -0.659. The zero-order valence-electron chi connectivity index (χ0n) is 15.2. The predicted octanol–water partition coefficient (Wildman–Crippen LogP) is 4.10. The molecular weight excluding hydrogens is 352 g/mol. The maximum atomic E-state index is 12.2. The molecule has 0 spiro atoms. The van der Waals surface area contributed by atoms with E-state index in [1.165, 1.54) is 0 Å². The average molecular weight is 370 g/mol. The number of fused-ring (bicyclic) bond motifs is 1. The van der Waals surface area contributed by atoms with Gasteiger partial charge in [0.2, 0.25) is 0 Å². The van der Waals surface area contributed by atoms with Crippen molar-refractivity contribution in [3.05, 3.63) is 79.1 Å². The molecule has 1 atom stereocenters. The Bertz CT molecular complexity index is 1100. The number of hydrogen-bond donors (Lipinski definition) is 1. The van der Waals surface area contributed by atoms with Crippen molar-refractivity contribution in [2.75, 3.05) is 5.32 Å². The number of amides is 1. The summed E-state index contributed by atoms with van der Waals surface area (Å²) in [5.41, 5.74) is 3.42. The van der Waals surface area contributed by atoms with E-state index >= 15 is 0 Å². The van der Waals surface area contributed by atoms with Gasteiger partial charge in [0.05, 0.1) is 22.9 Å². The third kappa shape index (κ3) is 3.96. The second kappa shape index (κ2) is 7.84. The van der Waals surface area contributed by atoms with Crippen LogP contribution in [0.25, 0.3) is 22.3 Å². The van der Waals surface area contributed by atoms with Gasteiger partial charge in [0.25, 0.3) is 5.91 Å². The fraction of sp³-hybridized carbons (Fsp3) is 0.0909. The van der Waals surface area contributed by atoms with Gasteiger partial charge >= 0.3 is 0 Å². The summed E-state index contributed by atoms with van der Waals surface area (Å²) in [7, 11) is 0. The van der Waals surface area contributed by atoms with Crippen LogP contribution >= 0.6 is 0 Å². The Morgan fingerprint density at radius 1 is 0.929 bits per heavy atom. The first-order chi connectivity index (χ1) is 13.7. The Balaban J connectivity index is 1.44. The van der Waals surface area contributed by atoms with E-state index in [9.17, 15) is 4.79 Å². The molecule has 0 aliphatic rings. The maximum absolute atomic E-state index is 12.2. The molecule has 4 aromatic rings. The molecule has 0 saturated heterocycles. The van der Waals surface area contributed by atoms with Gasteiger partial charge in [-0.05, 0) is 55.5 Å². The molecule has 0 radical (unpaired) electrons. The van der Waals surface area contributed by atoms with E-state index in [-0.39, 0.29) is 5.91 Å². The Labute approximate surface area is 162 Å². The highest BCUT2D eigenvalue weighted by atomic mass is 16.5. The number of ether oxygens (including phenoxy) is 1. The molecule has 0 saturated carbocycles. The van der Waals surface area contributed by atoms with E-state index in [0.29, 0.717) is 11.6 Å². The third-order valence-corrected chi connectivity index (χ3v) is 4.20. The van der Waals surface area contributed by atoms with E-state index in [0.717, 1.165) is 22.3 Å². The second-order valence-electron chi connectivity index (χ2n) is 6.23. The quantitative estimate of drug-likeness (QED) is 0.572. The van der Waals surface area contributed by atoms with Crippen LogP contribution in [-0.2, 0) is 4.79 Å². The molecule has 0 aliphatic heterocycles. The molecule has 4 rings (SSSR count). The van der Waals surface area contributed by atoms with E-state index in [2.05, 4.69) is 20.3 Å². The molecule has 2 aromatic heterocycles. The van der Waals surface area contributed by atoms with E-state index in [4.69, 9.17) is 4.74 Å². The zero-order chi connectivity index (χ0) is 19.3. The molecule has 2 aromatic carbocycles. The molecule has 28 heavy (non-hydrogen) atoms. The van der Waals surface area contributed by atoms with Gasteiger partial charge in [-0.2, -0.15) is 0 Å².